The lowest BCUT2D eigenvalue weighted by Crippen LogP contribution is -2.35. The first kappa shape index (κ1) is 11.1. The molecule has 3 nitrogen and oxygen atoms in total. The second-order valence-electron chi connectivity index (χ2n) is 4.62. The van der Waals surface area contributed by atoms with Crippen molar-refractivity contribution in [3.63, 3.8) is 0 Å². The van der Waals surface area contributed by atoms with Crippen LogP contribution in [0, 0.1) is 0 Å². The summed E-state index contributed by atoms with van der Waals surface area (Å²) in [6.45, 7) is 5.30. The van der Waals surface area contributed by atoms with Crippen molar-refractivity contribution in [2.75, 3.05) is 32.7 Å². The number of piperidine rings is 2. The molecule has 0 radical (unpaired) electrons. The first-order chi connectivity index (χ1) is 7.36. The van der Waals surface area contributed by atoms with Gasteiger partial charge in [-0.3, -0.25) is 4.90 Å². The molecule has 1 unspecified atom stereocenters. The third-order valence-electron chi connectivity index (χ3n) is 3.41. The van der Waals surface area contributed by atoms with Gasteiger partial charge in [-0.15, -0.1) is 0 Å². The second kappa shape index (κ2) is 5.64. The van der Waals surface area contributed by atoms with Crippen LogP contribution in [-0.2, 0) is 0 Å². The van der Waals surface area contributed by atoms with Crippen LogP contribution < -0.4 is 5.32 Å². The first-order valence-electron chi connectivity index (χ1n) is 6.16. The van der Waals surface area contributed by atoms with Gasteiger partial charge in [0.25, 0.3) is 0 Å². The molecule has 2 N–H and O–H groups in total. The summed E-state index contributed by atoms with van der Waals surface area (Å²) in [6, 6.07) is 0. The maximum atomic E-state index is 9.77. The van der Waals surface area contributed by atoms with Crippen molar-refractivity contribution >= 4 is 0 Å². The zero-order valence-electron chi connectivity index (χ0n) is 9.41. The van der Waals surface area contributed by atoms with Gasteiger partial charge in [0.1, 0.15) is 0 Å². The van der Waals surface area contributed by atoms with E-state index < -0.39 is 0 Å². The topological polar surface area (TPSA) is 35.5 Å². The van der Waals surface area contributed by atoms with E-state index in [2.05, 4.69) is 16.3 Å². The summed E-state index contributed by atoms with van der Waals surface area (Å²) in [4.78, 5) is 2.48. The van der Waals surface area contributed by atoms with E-state index in [9.17, 15) is 5.11 Å². The second-order valence-corrected chi connectivity index (χ2v) is 4.62. The maximum Gasteiger partial charge on any atom is 0.0775 e. The van der Waals surface area contributed by atoms with Crippen molar-refractivity contribution in [2.45, 2.75) is 31.8 Å². The molecule has 0 spiro atoms. The molecule has 0 aromatic rings. The zero-order valence-corrected chi connectivity index (χ0v) is 9.41. The quantitative estimate of drug-likeness (QED) is 0.660. The fraction of sp³-hybridized carbons (Fsp3) is 0.833. The summed E-state index contributed by atoms with van der Waals surface area (Å²) in [7, 11) is 0. The first-order valence-corrected chi connectivity index (χ1v) is 6.16. The molecule has 0 aromatic carbocycles. The summed E-state index contributed by atoms with van der Waals surface area (Å²) in [5.74, 6) is 0. The third-order valence-corrected chi connectivity index (χ3v) is 3.41. The largest absolute Gasteiger partial charge is 0.389 e. The summed E-state index contributed by atoms with van der Waals surface area (Å²) >= 11 is 0. The van der Waals surface area contributed by atoms with Crippen molar-refractivity contribution in [1.82, 2.24) is 10.2 Å². The van der Waals surface area contributed by atoms with Crippen LogP contribution in [0.1, 0.15) is 25.7 Å². The Kier molecular flexibility index (Phi) is 4.18. The normalized spacial score (nSPS) is 32.1. The summed E-state index contributed by atoms with van der Waals surface area (Å²) in [5, 5.41) is 13.1. The average molecular weight is 210 g/mol. The Hall–Kier alpha value is -0.380. The molecular weight excluding hydrogens is 188 g/mol. The highest BCUT2D eigenvalue weighted by Crippen LogP contribution is 2.12. The standard InChI is InChI=1S/C12H22N2O/c15-12-4-6-13-10-11(12)5-9-14-7-2-1-3-8-14/h5,12-13,15H,1-4,6-10H2/b11-5+. The van der Waals surface area contributed by atoms with Gasteiger partial charge >= 0.3 is 0 Å². The van der Waals surface area contributed by atoms with Crippen LogP contribution in [-0.4, -0.2) is 48.8 Å². The molecule has 2 fully saturated rings. The van der Waals surface area contributed by atoms with Gasteiger partial charge in [-0.25, -0.2) is 0 Å². The Labute approximate surface area is 92.2 Å². The van der Waals surface area contributed by atoms with E-state index in [-0.39, 0.29) is 6.10 Å². The van der Waals surface area contributed by atoms with Gasteiger partial charge in [-0.1, -0.05) is 12.5 Å². The molecule has 2 aliphatic rings. The van der Waals surface area contributed by atoms with Crippen LogP contribution in [0.5, 0.6) is 0 Å². The number of aliphatic hydroxyl groups excluding tert-OH is 1. The molecular formula is C12H22N2O. The van der Waals surface area contributed by atoms with Gasteiger partial charge in [0.15, 0.2) is 0 Å². The number of rotatable bonds is 2. The predicted molar refractivity (Wildman–Crippen MR) is 61.9 cm³/mol. The molecule has 0 saturated carbocycles. The van der Waals surface area contributed by atoms with Crippen molar-refractivity contribution in [3.8, 4) is 0 Å². The Morgan fingerprint density at radius 1 is 1.33 bits per heavy atom. The molecule has 0 aliphatic carbocycles. The Morgan fingerprint density at radius 3 is 2.87 bits per heavy atom. The molecule has 2 heterocycles. The van der Waals surface area contributed by atoms with Gasteiger partial charge in [-0.05, 0) is 44.5 Å². The number of nitrogens with zero attached hydrogens (tertiary/aromatic N) is 1. The van der Waals surface area contributed by atoms with Gasteiger partial charge < -0.3 is 10.4 Å². The smallest absolute Gasteiger partial charge is 0.0775 e. The van der Waals surface area contributed by atoms with Crippen LogP contribution >= 0.6 is 0 Å². The fourth-order valence-electron chi connectivity index (χ4n) is 2.37. The molecule has 2 saturated heterocycles. The number of hydrogen-bond donors (Lipinski definition) is 2. The van der Waals surface area contributed by atoms with E-state index in [4.69, 9.17) is 0 Å². The van der Waals surface area contributed by atoms with Gasteiger partial charge in [-0.2, -0.15) is 0 Å². The highest BCUT2D eigenvalue weighted by Gasteiger charge is 2.15. The summed E-state index contributed by atoms with van der Waals surface area (Å²) in [5.41, 5.74) is 1.19. The minimum atomic E-state index is -0.198. The van der Waals surface area contributed by atoms with Gasteiger partial charge in [0, 0.05) is 13.1 Å². The summed E-state index contributed by atoms with van der Waals surface area (Å²) < 4.78 is 0. The maximum absolute atomic E-state index is 9.77. The number of likely N-dealkylation sites (tertiary alicyclic amines) is 1. The molecule has 0 aromatic heterocycles. The fourth-order valence-corrected chi connectivity index (χ4v) is 2.37. The highest BCUT2D eigenvalue weighted by atomic mass is 16.3. The Bertz CT molecular complexity index is 222. The predicted octanol–water partition coefficient (Wildman–Crippen LogP) is 0.753. The van der Waals surface area contributed by atoms with Crippen molar-refractivity contribution in [2.24, 2.45) is 0 Å². The summed E-state index contributed by atoms with van der Waals surface area (Å²) in [6.07, 6.45) is 6.95. The van der Waals surface area contributed by atoms with Crippen LogP contribution in [0.25, 0.3) is 0 Å². The molecule has 2 aliphatic heterocycles. The van der Waals surface area contributed by atoms with Crippen LogP contribution in [0.3, 0.4) is 0 Å². The molecule has 1 atom stereocenters. The molecule has 3 heteroatoms. The third kappa shape index (κ3) is 3.30. The minimum absolute atomic E-state index is 0.198. The Morgan fingerprint density at radius 2 is 2.13 bits per heavy atom. The van der Waals surface area contributed by atoms with Gasteiger partial charge in [0.05, 0.1) is 6.10 Å². The van der Waals surface area contributed by atoms with Crippen molar-refractivity contribution in [1.29, 1.82) is 0 Å². The molecule has 86 valence electrons. The lowest BCUT2D eigenvalue weighted by Gasteiger charge is -2.27. The lowest BCUT2D eigenvalue weighted by molar-refractivity contribution is 0.182. The lowest BCUT2D eigenvalue weighted by atomic mass is 10.0. The molecule has 0 amide bonds. The van der Waals surface area contributed by atoms with E-state index in [1.54, 1.807) is 0 Å². The minimum Gasteiger partial charge on any atom is -0.389 e. The van der Waals surface area contributed by atoms with Crippen molar-refractivity contribution in [3.05, 3.63) is 11.6 Å². The number of aliphatic hydroxyl groups is 1. The van der Waals surface area contributed by atoms with E-state index >= 15 is 0 Å². The van der Waals surface area contributed by atoms with E-state index in [0.717, 1.165) is 26.1 Å². The number of hydrogen-bond acceptors (Lipinski definition) is 3. The van der Waals surface area contributed by atoms with E-state index in [1.165, 1.54) is 37.9 Å². The molecule has 2 rings (SSSR count). The van der Waals surface area contributed by atoms with Crippen LogP contribution in [0.15, 0.2) is 11.6 Å². The Balaban J connectivity index is 1.80. The average Bonchev–Trinajstić information content (AvgIpc) is 2.29. The molecule has 15 heavy (non-hydrogen) atoms. The van der Waals surface area contributed by atoms with Crippen molar-refractivity contribution < 1.29 is 5.11 Å². The zero-order chi connectivity index (χ0) is 10.5. The van der Waals surface area contributed by atoms with Gasteiger partial charge in [0.2, 0.25) is 0 Å². The number of nitrogens with one attached hydrogen (secondary N) is 1. The SMILES string of the molecule is OC1CCNC/C1=C\CN1CCCCC1. The van der Waals surface area contributed by atoms with E-state index in [0.29, 0.717) is 0 Å². The van der Waals surface area contributed by atoms with Crippen LogP contribution in [0.4, 0.5) is 0 Å². The van der Waals surface area contributed by atoms with Crippen LogP contribution in [0.2, 0.25) is 0 Å². The van der Waals surface area contributed by atoms with E-state index in [1.807, 2.05) is 0 Å². The molecule has 0 bridgehead atoms. The highest BCUT2D eigenvalue weighted by molar-refractivity contribution is 5.13. The monoisotopic (exact) mass is 210 g/mol.